The van der Waals surface area contributed by atoms with Crippen LogP contribution in [-0.4, -0.2) is 52.4 Å². The summed E-state index contributed by atoms with van der Waals surface area (Å²) in [6.07, 6.45) is 3.86. The second-order valence-corrected chi connectivity index (χ2v) is 9.29. The van der Waals surface area contributed by atoms with Crippen molar-refractivity contribution in [2.24, 2.45) is 0 Å². The molecule has 0 aliphatic carbocycles. The van der Waals surface area contributed by atoms with E-state index in [2.05, 4.69) is 25.9 Å². The Bertz CT molecular complexity index is 1620. The largest absolute Gasteiger partial charge is 0.481 e. The average molecular weight is 608 g/mol. The molecule has 2 aromatic heterocycles. The van der Waals surface area contributed by atoms with Crippen LogP contribution < -0.4 is 20.7 Å². The minimum atomic E-state index is -0.936. The van der Waals surface area contributed by atoms with Gasteiger partial charge in [-0.25, -0.2) is 8.78 Å². The summed E-state index contributed by atoms with van der Waals surface area (Å²) in [6, 6.07) is 12.4. The van der Waals surface area contributed by atoms with Crippen LogP contribution in [0.2, 0.25) is 0 Å². The normalized spacial score (nSPS) is 10.2. The molecule has 0 saturated heterocycles. The van der Waals surface area contributed by atoms with Gasteiger partial charge in [0.15, 0.2) is 11.6 Å². The van der Waals surface area contributed by atoms with Crippen LogP contribution in [0.15, 0.2) is 67.0 Å². The topological polar surface area (TPSA) is 163 Å². The maximum atomic E-state index is 14.5. The van der Waals surface area contributed by atoms with E-state index in [-0.39, 0.29) is 41.6 Å². The van der Waals surface area contributed by atoms with Crippen LogP contribution in [-0.2, 0) is 9.59 Å². The number of hydrogen-bond donors (Lipinski definition) is 5. The van der Waals surface area contributed by atoms with E-state index in [1.807, 2.05) is 6.92 Å². The van der Waals surface area contributed by atoms with E-state index in [9.17, 15) is 28.0 Å². The van der Waals surface area contributed by atoms with Gasteiger partial charge in [-0.1, -0.05) is 6.07 Å². The molecule has 4 rings (SSSR count). The summed E-state index contributed by atoms with van der Waals surface area (Å²) in [4.78, 5) is 52.0. The lowest BCUT2D eigenvalue weighted by molar-refractivity contribution is -0.137. The molecule has 0 fully saturated rings. The molecule has 0 aliphatic rings. The highest BCUT2D eigenvalue weighted by molar-refractivity contribution is 6.04. The third kappa shape index (κ3) is 9.76. The van der Waals surface area contributed by atoms with Gasteiger partial charge in [0.05, 0.1) is 22.6 Å². The molecule has 0 bridgehead atoms. The number of carboxylic acids is 1. The minimum absolute atomic E-state index is 0.00447. The van der Waals surface area contributed by atoms with Gasteiger partial charge in [-0.3, -0.25) is 24.2 Å². The number of aromatic amines is 1. The second kappa shape index (κ2) is 16.2. The van der Waals surface area contributed by atoms with Gasteiger partial charge in [0.1, 0.15) is 11.6 Å². The number of nitrogens with zero attached hydrogens (tertiary/aromatic N) is 1. The van der Waals surface area contributed by atoms with E-state index in [1.165, 1.54) is 48.8 Å². The van der Waals surface area contributed by atoms with E-state index in [0.717, 1.165) is 18.2 Å². The molecule has 3 amide bonds. The summed E-state index contributed by atoms with van der Waals surface area (Å²) in [6.45, 7) is 4.57. The predicted molar refractivity (Wildman–Crippen MR) is 159 cm³/mol. The van der Waals surface area contributed by atoms with Gasteiger partial charge in [0.2, 0.25) is 6.41 Å². The Morgan fingerprint density at radius 1 is 1.00 bits per heavy atom. The number of carbonyl (C=O) groups excluding carboxylic acids is 3. The number of ether oxygens (including phenoxy) is 1. The van der Waals surface area contributed by atoms with Crippen molar-refractivity contribution >= 4 is 29.9 Å². The number of carbonyl (C=O) groups is 4. The first-order chi connectivity index (χ1) is 21.1. The van der Waals surface area contributed by atoms with Crippen molar-refractivity contribution in [3.8, 4) is 22.9 Å². The quantitative estimate of drug-likeness (QED) is 0.111. The first kappa shape index (κ1) is 32.9. The summed E-state index contributed by atoms with van der Waals surface area (Å²) < 4.78 is 34.3. The molecular weight excluding hydrogens is 576 g/mol. The molecule has 0 spiro atoms. The molecule has 44 heavy (non-hydrogen) atoms. The number of anilines is 1. The molecule has 13 heteroatoms. The number of carboxylic acid groups (broad SMARTS) is 1. The van der Waals surface area contributed by atoms with E-state index in [1.54, 1.807) is 19.1 Å². The lowest BCUT2D eigenvalue weighted by Gasteiger charge is -2.11. The highest BCUT2D eigenvalue weighted by Crippen LogP contribution is 2.29. The van der Waals surface area contributed by atoms with Crippen LogP contribution in [0.3, 0.4) is 0 Å². The maximum Gasteiger partial charge on any atom is 0.303 e. The molecule has 0 atom stereocenters. The van der Waals surface area contributed by atoms with Crippen LogP contribution in [0.4, 0.5) is 14.5 Å². The third-order valence-corrected chi connectivity index (χ3v) is 5.88. The van der Waals surface area contributed by atoms with Crippen LogP contribution in [0.5, 0.6) is 11.5 Å². The first-order valence-electron chi connectivity index (χ1n) is 13.5. The number of halogens is 2. The van der Waals surface area contributed by atoms with Gasteiger partial charge in [0, 0.05) is 43.5 Å². The van der Waals surface area contributed by atoms with E-state index >= 15 is 0 Å². The highest BCUT2D eigenvalue weighted by atomic mass is 19.1. The molecule has 2 heterocycles. The fraction of sp³-hybridized carbons (Fsp3) is 0.194. The number of hydrogen-bond acceptors (Lipinski definition) is 6. The SMILES string of the molecule is CCNC=O.Cc1ccc(F)c(NC(=O)c2ccc(F)c(Oc3ccnc(-c4cc(C(=O)NCCCC(=O)O)c[nH]4)c3)c2)c1. The number of amides is 3. The fourth-order valence-electron chi connectivity index (χ4n) is 3.70. The smallest absolute Gasteiger partial charge is 0.303 e. The van der Waals surface area contributed by atoms with Gasteiger partial charge in [-0.15, -0.1) is 0 Å². The number of nitrogens with one attached hydrogen (secondary N) is 4. The average Bonchev–Trinajstić information content (AvgIpc) is 3.50. The van der Waals surface area contributed by atoms with Crippen molar-refractivity contribution < 1.29 is 37.8 Å². The minimum Gasteiger partial charge on any atom is -0.481 e. The zero-order valence-electron chi connectivity index (χ0n) is 23.9. The summed E-state index contributed by atoms with van der Waals surface area (Å²) in [5, 5.41) is 16.2. The Morgan fingerprint density at radius 3 is 2.48 bits per heavy atom. The number of aromatic nitrogens is 2. The Morgan fingerprint density at radius 2 is 1.77 bits per heavy atom. The molecule has 230 valence electrons. The Kier molecular flexibility index (Phi) is 12.1. The predicted octanol–water partition coefficient (Wildman–Crippen LogP) is 5.05. The van der Waals surface area contributed by atoms with E-state index in [4.69, 9.17) is 9.84 Å². The molecule has 0 unspecified atom stereocenters. The highest BCUT2D eigenvalue weighted by Gasteiger charge is 2.15. The molecule has 0 saturated carbocycles. The van der Waals surface area contributed by atoms with Crippen LogP contribution in [0.1, 0.15) is 46.0 Å². The molecular formula is C31H31F2N5O6. The molecule has 0 radical (unpaired) electrons. The second-order valence-electron chi connectivity index (χ2n) is 9.29. The Balaban J connectivity index is 0.000000978. The van der Waals surface area contributed by atoms with Crippen molar-refractivity contribution in [2.45, 2.75) is 26.7 Å². The number of aliphatic carboxylic acids is 1. The lowest BCUT2D eigenvalue weighted by atomic mass is 10.1. The van der Waals surface area contributed by atoms with Gasteiger partial charge in [0.25, 0.3) is 11.8 Å². The van der Waals surface area contributed by atoms with E-state index in [0.29, 0.717) is 29.8 Å². The van der Waals surface area contributed by atoms with Crippen molar-refractivity contribution in [2.75, 3.05) is 18.4 Å². The number of rotatable bonds is 12. The molecule has 2 aromatic carbocycles. The van der Waals surface area contributed by atoms with Gasteiger partial charge in [-0.05, 0) is 68.3 Å². The third-order valence-electron chi connectivity index (χ3n) is 5.88. The zero-order chi connectivity index (χ0) is 32.1. The van der Waals surface area contributed by atoms with Crippen molar-refractivity contribution in [3.63, 3.8) is 0 Å². The zero-order valence-corrected chi connectivity index (χ0v) is 23.9. The Labute approximate surface area is 251 Å². The molecule has 0 aliphatic heterocycles. The first-order valence-corrected chi connectivity index (χ1v) is 13.5. The van der Waals surface area contributed by atoms with Gasteiger partial charge >= 0.3 is 5.97 Å². The number of pyridine rings is 1. The van der Waals surface area contributed by atoms with Crippen LogP contribution in [0, 0.1) is 18.6 Å². The maximum absolute atomic E-state index is 14.5. The van der Waals surface area contributed by atoms with Crippen LogP contribution in [0.25, 0.3) is 11.4 Å². The summed E-state index contributed by atoms with van der Waals surface area (Å²) >= 11 is 0. The van der Waals surface area contributed by atoms with Gasteiger partial charge < -0.3 is 30.8 Å². The number of H-pyrrole nitrogens is 1. The monoisotopic (exact) mass is 607 g/mol. The molecule has 5 N–H and O–H groups in total. The van der Waals surface area contributed by atoms with E-state index < -0.39 is 23.5 Å². The lowest BCUT2D eigenvalue weighted by Crippen LogP contribution is -2.24. The molecule has 11 nitrogen and oxygen atoms in total. The number of aryl methyl sites for hydroxylation is 1. The summed E-state index contributed by atoms with van der Waals surface area (Å²) in [5.41, 5.74) is 2.04. The van der Waals surface area contributed by atoms with Crippen molar-refractivity contribution in [3.05, 3.63) is 95.3 Å². The summed E-state index contributed by atoms with van der Waals surface area (Å²) in [5.74, 6) is -3.27. The fourth-order valence-corrected chi connectivity index (χ4v) is 3.70. The van der Waals surface area contributed by atoms with Crippen molar-refractivity contribution in [1.29, 1.82) is 0 Å². The Hall–Kier alpha value is -5.59. The van der Waals surface area contributed by atoms with Crippen molar-refractivity contribution in [1.82, 2.24) is 20.6 Å². The standard InChI is InChI=1S/C28H24F2N4O5.C3H7NO/c1-16-4-6-20(29)22(11-16)34-28(38)17-5-7-21(30)25(13-17)39-19-8-10-31-24(14-19)23-12-18(15-33-23)27(37)32-9-2-3-26(35)36;1-2-4-3-5/h4-8,10-15,33H,2-3,9H2,1H3,(H,32,37)(H,34,38)(H,35,36);3H,2H2,1H3,(H,4,5). The van der Waals surface area contributed by atoms with Gasteiger partial charge in [-0.2, -0.15) is 0 Å². The molecule has 4 aromatic rings. The summed E-state index contributed by atoms with van der Waals surface area (Å²) in [7, 11) is 0. The van der Waals surface area contributed by atoms with Crippen LogP contribution >= 0.6 is 0 Å². The number of benzene rings is 2.